The summed E-state index contributed by atoms with van der Waals surface area (Å²) >= 11 is 0. The maximum absolute atomic E-state index is 12.3. The normalized spacial score (nSPS) is 11.3. The van der Waals surface area contributed by atoms with Crippen molar-refractivity contribution in [1.82, 2.24) is 15.1 Å². The molecule has 0 aliphatic rings. The van der Waals surface area contributed by atoms with Crippen LogP contribution in [-0.2, 0) is 19.2 Å². The smallest absolute Gasteiger partial charge is 0.220 e. The number of nitrogens with one attached hydrogen (secondary N) is 1. The number of amides is 4. The average Bonchev–Trinajstić information content (AvgIpc) is 2.92. The first-order chi connectivity index (χ1) is 19.7. The van der Waals surface area contributed by atoms with Gasteiger partial charge in [-0.3, -0.25) is 24.1 Å². The molecule has 0 radical (unpaired) electrons. The van der Waals surface area contributed by atoms with Crippen LogP contribution in [0.2, 0.25) is 0 Å². The Kier molecular flexibility index (Phi) is 26.4. The first-order valence-corrected chi connectivity index (χ1v) is 16.3. The number of carbonyl (C=O) groups excluding carboxylic acids is 4. The van der Waals surface area contributed by atoms with Gasteiger partial charge in [0, 0.05) is 71.5 Å². The van der Waals surface area contributed by atoms with Gasteiger partial charge < -0.3 is 27.4 Å². The molecule has 0 spiro atoms. The molecule has 0 unspecified atom stereocenters. The van der Waals surface area contributed by atoms with Gasteiger partial charge in [0.25, 0.3) is 0 Å². The highest BCUT2D eigenvalue weighted by Crippen LogP contribution is 2.13. The molecule has 4 amide bonds. The second kappa shape index (κ2) is 27.9. The van der Waals surface area contributed by atoms with Crippen LogP contribution in [0.4, 0.5) is 0 Å². The lowest BCUT2D eigenvalue weighted by molar-refractivity contribution is -0.121. The van der Waals surface area contributed by atoms with E-state index in [1.165, 1.54) is 83.5 Å². The van der Waals surface area contributed by atoms with Crippen LogP contribution in [0.1, 0.15) is 129 Å². The summed E-state index contributed by atoms with van der Waals surface area (Å²) in [6.07, 6.45) is 20.6. The fourth-order valence-corrected chi connectivity index (χ4v) is 4.86. The summed E-state index contributed by atoms with van der Waals surface area (Å²) in [5.74, 6) is -1.14. The van der Waals surface area contributed by atoms with E-state index in [9.17, 15) is 19.2 Å². The Morgan fingerprint density at radius 1 is 0.463 bits per heavy atom. The highest BCUT2D eigenvalue weighted by Gasteiger charge is 2.13. The highest BCUT2D eigenvalue weighted by atomic mass is 16.2. The molecular weight excluding hydrogens is 520 g/mol. The highest BCUT2D eigenvalue weighted by molar-refractivity contribution is 5.76. The van der Waals surface area contributed by atoms with Crippen molar-refractivity contribution in [2.24, 2.45) is 17.2 Å². The monoisotopic (exact) mass is 582 g/mol. The molecule has 0 atom stereocenters. The van der Waals surface area contributed by atoms with Crippen molar-refractivity contribution in [1.29, 1.82) is 0 Å². The number of primary amides is 3. The van der Waals surface area contributed by atoms with Crippen LogP contribution >= 0.6 is 0 Å². The van der Waals surface area contributed by atoms with Crippen molar-refractivity contribution in [2.45, 2.75) is 129 Å². The fraction of sp³-hybridized carbons (Fsp3) is 0.871. The molecule has 0 aromatic rings. The number of hydrogen-bond donors (Lipinski definition) is 4. The Morgan fingerprint density at radius 2 is 0.805 bits per heavy atom. The Hall–Kier alpha value is -2.20. The minimum absolute atomic E-state index is 0.0547. The van der Waals surface area contributed by atoms with Crippen LogP contribution in [0.25, 0.3) is 0 Å². The number of hydrogen-bond acceptors (Lipinski definition) is 6. The van der Waals surface area contributed by atoms with Gasteiger partial charge in [0.1, 0.15) is 0 Å². The van der Waals surface area contributed by atoms with Gasteiger partial charge in [0.05, 0.1) is 0 Å². The molecule has 240 valence electrons. The van der Waals surface area contributed by atoms with Crippen molar-refractivity contribution in [2.75, 3.05) is 45.8 Å². The molecular formula is C31H62N6O4. The molecule has 10 heteroatoms. The molecule has 0 saturated heterocycles. The van der Waals surface area contributed by atoms with E-state index in [0.717, 1.165) is 12.8 Å². The van der Waals surface area contributed by atoms with E-state index in [1.54, 1.807) is 0 Å². The third-order valence-corrected chi connectivity index (χ3v) is 7.51. The van der Waals surface area contributed by atoms with Gasteiger partial charge in [-0.05, 0) is 6.42 Å². The van der Waals surface area contributed by atoms with E-state index in [-0.39, 0.29) is 31.1 Å². The van der Waals surface area contributed by atoms with Gasteiger partial charge in [-0.1, -0.05) is 96.8 Å². The molecule has 0 heterocycles. The maximum atomic E-state index is 12.3. The molecule has 41 heavy (non-hydrogen) atoms. The minimum atomic E-state index is -0.406. The second-order valence-corrected chi connectivity index (χ2v) is 11.4. The minimum Gasteiger partial charge on any atom is -0.370 e. The van der Waals surface area contributed by atoms with Crippen molar-refractivity contribution < 1.29 is 19.2 Å². The summed E-state index contributed by atoms with van der Waals surface area (Å²) in [7, 11) is 0. The largest absolute Gasteiger partial charge is 0.370 e. The third kappa shape index (κ3) is 29.1. The Balaban J connectivity index is 4.02. The molecule has 0 aromatic carbocycles. The molecule has 0 saturated carbocycles. The van der Waals surface area contributed by atoms with E-state index in [0.29, 0.717) is 52.2 Å². The lowest BCUT2D eigenvalue weighted by Crippen LogP contribution is -2.42. The zero-order valence-corrected chi connectivity index (χ0v) is 26.1. The molecule has 7 N–H and O–H groups in total. The summed E-state index contributed by atoms with van der Waals surface area (Å²) in [6, 6.07) is 0. The van der Waals surface area contributed by atoms with Gasteiger partial charge in [0.2, 0.25) is 23.6 Å². The molecule has 0 aliphatic heterocycles. The zero-order chi connectivity index (χ0) is 30.6. The summed E-state index contributed by atoms with van der Waals surface area (Å²) < 4.78 is 0. The van der Waals surface area contributed by atoms with Crippen molar-refractivity contribution in [3.05, 3.63) is 0 Å². The van der Waals surface area contributed by atoms with Gasteiger partial charge in [-0.25, -0.2) is 0 Å². The predicted molar refractivity (Wildman–Crippen MR) is 167 cm³/mol. The molecule has 0 fully saturated rings. The van der Waals surface area contributed by atoms with E-state index in [2.05, 4.69) is 17.1 Å². The first-order valence-electron chi connectivity index (χ1n) is 16.3. The summed E-state index contributed by atoms with van der Waals surface area (Å²) in [6.45, 7) is 5.84. The fourth-order valence-electron chi connectivity index (χ4n) is 4.86. The quantitative estimate of drug-likeness (QED) is 0.0912. The van der Waals surface area contributed by atoms with E-state index in [4.69, 9.17) is 17.2 Å². The Labute approximate surface area is 249 Å². The summed E-state index contributed by atoms with van der Waals surface area (Å²) in [4.78, 5) is 50.0. The first kappa shape index (κ1) is 38.8. The SMILES string of the molecule is CCCCCCCCCCCCCCCCCC(=O)NCCN(CCC(N)=O)CCN(CCC(N)=O)CCC(N)=O. The summed E-state index contributed by atoms with van der Waals surface area (Å²) in [5, 5.41) is 2.99. The summed E-state index contributed by atoms with van der Waals surface area (Å²) in [5.41, 5.74) is 15.9. The van der Waals surface area contributed by atoms with Crippen LogP contribution < -0.4 is 22.5 Å². The Morgan fingerprint density at radius 3 is 1.17 bits per heavy atom. The number of unbranched alkanes of at least 4 members (excludes halogenated alkanes) is 14. The van der Waals surface area contributed by atoms with E-state index >= 15 is 0 Å². The molecule has 0 aliphatic carbocycles. The standard InChI is InChI=1S/C31H62N6O4/c1-2-3-4-5-6-7-8-9-10-11-12-13-14-15-16-17-31(41)35-21-25-37(24-20-30(34)40)27-26-36(22-18-28(32)38)23-19-29(33)39/h2-27H2,1H3,(H2,32,38)(H2,33,39)(H2,34,40)(H,35,41). The lowest BCUT2D eigenvalue weighted by atomic mass is 10.0. The van der Waals surface area contributed by atoms with Gasteiger partial charge in [0.15, 0.2) is 0 Å². The topological polar surface area (TPSA) is 165 Å². The van der Waals surface area contributed by atoms with Crippen molar-refractivity contribution >= 4 is 23.6 Å². The van der Waals surface area contributed by atoms with Crippen molar-refractivity contribution in [3.8, 4) is 0 Å². The number of nitrogens with two attached hydrogens (primary N) is 3. The van der Waals surface area contributed by atoms with Gasteiger partial charge in [-0.15, -0.1) is 0 Å². The molecule has 0 rings (SSSR count). The third-order valence-electron chi connectivity index (χ3n) is 7.51. The van der Waals surface area contributed by atoms with Crippen LogP contribution in [0.15, 0.2) is 0 Å². The maximum Gasteiger partial charge on any atom is 0.220 e. The predicted octanol–water partition coefficient (Wildman–Crippen LogP) is 3.59. The van der Waals surface area contributed by atoms with Gasteiger partial charge in [-0.2, -0.15) is 0 Å². The van der Waals surface area contributed by atoms with Gasteiger partial charge >= 0.3 is 0 Å². The second-order valence-electron chi connectivity index (χ2n) is 11.4. The number of carbonyl (C=O) groups is 4. The van der Waals surface area contributed by atoms with Crippen LogP contribution in [0.5, 0.6) is 0 Å². The van der Waals surface area contributed by atoms with Crippen LogP contribution in [0, 0.1) is 0 Å². The van der Waals surface area contributed by atoms with E-state index in [1.807, 2.05) is 4.90 Å². The number of rotatable bonds is 31. The van der Waals surface area contributed by atoms with Crippen LogP contribution in [-0.4, -0.2) is 79.2 Å². The van der Waals surface area contributed by atoms with Crippen molar-refractivity contribution in [3.63, 3.8) is 0 Å². The lowest BCUT2D eigenvalue weighted by Gasteiger charge is -2.27. The molecule has 0 aromatic heterocycles. The molecule has 0 bridgehead atoms. The average molecular weight is 583 g/mol. The van der Waals surface area contributed by atoms with E-state index < -0.39 is 11.8 Å². The Bertz CT molecular complexity index is 674. The molecule has 10 nitrogen and oxygen atoms in total. The number of nitrogens with zero attached hydrogens (tertiary/aromatic N) is 2. The zero-order valence-electron chi connectivity index (χ0n) is 26.1. The van der Waals surface area contributed by atoms with Crippen LogP contribution in [0.3, 0.4) is 0 Å².